The Kier molecular flexibility index (Phi) is 6.53. The van der Waals surface area contributed by atoms with E-state index in [4.69, 9.17) is 27.6 Å². The molecule has 1 aromatic heterocycles. The van der Waals surface area contributed by atoms with Crippen molar-refractivity contribution in [1.82, 2.24) is 5.32 Å². The van der Waals surface area contributed by atoms with Crippen molar-refractivity contribution in [3.63, 3.8) is 0 Å². The van der Waals surface area contributed by atoms with Gasteiger partial charge in [-0.1, -0.05) is 47.5 Å². The van der Waals surface area contributed by atoms with Crippen LogP contribution in [-0.4, -0.2) is 11.8 Å². The van der Waals surface area contributed by atoms with Gasteiger partial charge in [-0.3, -0.25) is 9.59 Å². The SMILES string of the molecule is O=C(/C=C/c1cccc(Cl)c1Cl)NCc1ccc(NC(=O)c2ccco2)cc1. The summed E-state index contributed by atoms with van der Waals surface area (Å²) in [6.45, 7) is 0.346. The zero-order valence-corrected chi connectivity index (χ0v) is 16.1. The summed E-state index contributed by atoms with van der Waals surface area (Å²) in [6, 6.07) is 15.6. The molecule has 0 aliphatic heterocycles. The Bertz CT molecular complexity index is 997. The van der Waals surface area contributed by atoms with E-state index in [1.165, 1.54) is 12.3 Å². The maximum absolute atomic E-state index is 12.0. The van der Waals surface area contributed by atoms with Crippen LogP contribution in [0.1, 0.15) is 21.7 Å². The lowest BCUT2D eigenvalue weighted by atomic mass is 10.2. The third-order valence-corrected chi connectivity index (χ3v) is 4.65. The van der Waals surface area contributed by atoms with E-state index in [-0.39, 0.29) is 17.6 Å². The molecule has 2 N–H and O–H groups in total. The highest BCUT2D eigenvalue weighted by Gasteiger charge is 2.08. The molecule has 2 amide bonds. The van der Waals surface area contributed by atoms with Crippen molar-refractivity contribution >= 4 is 46.8 Å². The van der Waals surface area contributed by atoms with Crippen molar-refractivity contribution < 1.29 is 14.0 Å². The zero-order chi connectivity index (χ0) is 19.9. The molecule has 0 aliphatic carbocycles. The van der Waals surface area contributed by atoms with Gasteiger partial charge in [0.05, 0.1) is 16.3 Å². The number of furan rings is 1. The minimum atomic E-state index is -0.323. The van der Waals surface area contributed by atoms with Crippen LogP contribution in [0.15, 0.2) is 71.4 Å². The first-order valence-electron chi connectivity index (χ1n) is 8.36. The number of rotatable bonds is 6. The summed E-state index contributed by atoms with van der Waals surface area (Å²) in [6.07, 6.45) is 4.45. The van der Waals surface area contributed by atoms with E-state index in [1.807, 2.05) is 12.1 Å². The van der Waals surface area contributed by atoms with Crippen molar-refractivity contribution in [3.05, 3.63) is 93.9 Å². The fourth-order valence-electron chi connectivity index (χ4n) is 2.37. The fraction of sp³-hybridized carbons (Fsp3) is 0.0476. The number of anilines is 1. The third-order valence-electron chi connectivity index (χ3n) is 3.82. The van der Waals surface area contributed by atoms with Crippen molar-refractivity contribution in [3.8, 4) is 0 Å². The van der Waals surface area contributed by atoms with Crippen LogP contribution in [0.3, 0.4) is 0 Å². The first-order chi connectivity index (χ1) is 13.5. The van der Waals surface area contributed by atoms with Gasteiger partial charge in [-0.05, 0) is 47.5 Å². The monoisotopic (exact) mass is 414 g/mol. The molecule has 0 unspecified atom stereocenters. The van der Waals surface area contributed by atoms with E-state index >= 15 is 0 Å². The first kappa shape index (κ1) is 19.7. The van der Waals surface area contributed by atoms with Crippen LogP contribution in [0.4, 0.5) is 5.69 Å². The maximum atomic E-state index is 12.0. The Morgan fingerprint density at radius 2 is 1.79 bits per heavy atom. The van der Waals surface area contributed by atoms with Crippen molar-refractivity contribution in [1.29, 1.82) is 0 Å². The van der Waals surface area contributed by atoms with E-state index in [1.54, 1.807) is 48.5 Å². The number of hydrogen-bond acceptors (Lipinski definition) is 3. The molecular weight excluding hydrogens is 399 g/mol. The number of carbonyl (C=O) groups excluding carboxylic acids is 2. The van der Waals surface area contributed by atoms with Gasteiger partial charge >= 0.3 is 0 Å². The Morgan fingerprint density at radius 3 is 2.50 bits per heavy atom. The van der Waals surface area contributed by atoms with E-state index in [0.717, 1.165) is 5.56 Å². The number of carbonyl (C=O) groups is 2. The van der Waals surface area contributed by atoms with Gasteiger partial charge in [0.2, 0.25) is 5.91 Å². The second kappa shape index (κ2) is 9.26. The van der Waals surface area contributed by atoms with Gasteiger partial charge in [-0.25, -0.2) is 0 Å². The lowest BCUT2D eigenvalue weighted by Crippen LogP contribution is -2.20. The molecule has 0 saturated carbocycles. The smallest absolute Gasteiger partial charge is 0.291 e. The molecule has 0 bridgehead atoms. The summed E-state index contributed by atoms with van der Waals surface area (Å²) in [5.74, 6) is -0.343. The molecule has 28 heavy (non-hydrogen) atoms. The standard InChI is InChI=1S/C21H16Cl2N2O3/c22-17-4-1-3-15(20(17)23)8-11-19(26)24-13-14-6-9-16(10-7-14)25-21(27)18-5-2-12-28-18/h1-12H,13H2,(H,24,26)(H,25,27)/b11-8+. The van der Waals surface area contributed by atoms with E-state index in [2.05, 4.69) is 10.6 Å². The predicted octanol–water partition coefficient (Wildman–Crippen LogP) is 5.17. The second-order valence-electron chi connectivity index (χ2n) is 5.82. The van der Waals surface area contributed by atoms with Crippen LogP contribution in [0.2, 0.25) is 10.0 Å². The molecule has 5 nitrogen and oxygen atoms in total. The Balaban J connectivity index is 1.51. The number of nitrogens with one attached hydrogen (secondary N) is 2. The molecule has 0 radical (unpaired) electrons. The van der Waals surface area contributed by atoms with Crippen LogP contribution >= 0.6 is 23.2 Å². The summed E-state index contributed by atoms with van der Waals surface area (Å²) in [5.41, 5.74) is 2.19. The Morgan fingerprint density at radius 1 is 1.00 bits per heavy atom. The molecule has 0 aliphatic rings. The largest absolute Gasteiger partial charge is 0.459 e. The average molecular weight is 415 g/mol. The number of benzene rings is 2. The van der Waals surface area contributed by atoms with Gasteiger partial charge in [0.15, 0.2) is 5.76 Å². The summed E-state index contributed by atoms with van der Waals surface area (Å²) in [4.78, 5) is 23.9. The van der Waals surface area contributed by atoms with Crippen LogP contribution in [0.5, 0.6) is 0 Å². The van der Waals surface area contributed by atoms with E-state index in [0.29, 0.717) is 27.8 Å². The second-order valence-corrected chi connectivity index (χ2v) is 6.61. The molecule has 0 spiro atoms. The highest BCUT2D eigenvalue weighted by Crippen LogP contribution is 2.26. The molecule has 2 aromatic carbocycles. The van der Waals surface area contributed by atoms with Crippen LogP contribution in [0.25, 0.3) is 6.08 Å². The van der Waals surface area contributed by atoms with Gasteiger partial charge in [0, 0.05) is 18.3 Å². The summed E-state index contributed by atoms with van der Waals surface area (Å²) in [5, 5.41) is 6.35. The van der Waals surface area contributed by atoms with Crippen molar-refractivity contribution in [2.45, 2.75) is 6.54 Å². The quantitative estimate of drug-likeness (QED) is 0.546. The van der Waals surface area contributed by atoms with Crippen LogP contribution < -0.4 is 10.6 Å². The van der Waals surface area contributed by atoms with Crippen LogP contribution in [0, 0.1) is 0 Å². The van der Waals surface area contributed by atoms with Gasteiger partial charge in [-0.15, -0.1) is 0 Å². The summed E-state index contributed by atoms with van der Waals surface area (Å²) < 4.78 is 5.04. The Hall–Kier alpha value is -3.02. The molecule has 0 saturated heterocycles. The maximum Gasteiger partial charge on any atom is 0.291 e. The highest BCUT2D eigenvalue weighted by molar-refractivity contribution is 6.42. The number of hydrogen-bond donors (Lipinski definition) is 2. The first-order valence-corrected chi connectivity index (χ1v) is 9.12. The number of amides is 2. The number of halogens is 2. The lowest BCUT2D eigenvalue weighted by molar-refractivity contribution is -0.116. The normalized spacial score (nSPS) is 10.8. The molecule has 142 valence electrons. The molecule has 7 heteroatoms. The van der Waals surface area contributed by atoms with Gasteiger partial charge < -0.3 is 15.1 Å². The van der Waals surface area contributed by atoms with Crippen LogP contribution in [-0.2, 0) is 11.3 Å². The van der Waals surface area contributed by atoms with Gasteiger partial charge in [0.1, 0.15) is 0 Å². The summed E-state index contributed by atoms with van der Waals surface area (Å²) in [7, 11) is 0. The molecule has 0 fully saturated rings. The van der Waals surface area contributed by atoms with E-state index in [9.17, 15) is 9.59 Å². The average Bonchev–Trinajstić information content (AvgIpc) is 3.23. The molecule has 3 rings (SSSR count). The summed E-state index contributed by atoms with van der Waals surface area (Å²) >= 11 is 12.0. The van der Waals surface area contributed by atoms with Gasteiger partial charge in [0.25, 0.3) is 5.91 Å². The molecular formula is C21H16Cl2N2O3. The van der Waals surface area contributed by atoms with Crippen molar-refractivity contribution in [2.24, 2.45) is 0 Å². The Labute approximate surface area is 172 Å². The van der Waals surface area contributed by atoms with E-state index < -0.39 is 0 Å². The lowest BCUT2D eigenvalue weighted by Gasteiger charge is -2.06. The topological polar surface area (TPSA) is 71.3 Å². The highest BCUT2D eigenvalue weighted by atomic mass is 35.5. The minimum absolute atomic E-state index is 0.239. The third kappa shape index (κ3) is 5.25. The zero-order valence-electron chi connectivity index (χ0n) is 14.6. The van der Waals surface area contributed by atoms with Gasteiger partial charge in [-0.2, -0.15) is 0 Å². The van der Waals surface area contributed by atoms with Crippen molar-refractivity contribution in [2.75, 3.05) is 5.32 Å². The predicted molar refractivity (Wildman–Crippen MR) is 110 cm³/mol. The molecule has 1 heterocycles. The molecule has 3 aromatic rings. The molecule has 0 atom stereocenters. The minimum Gasteiger partial charge on any atom is -0.459 e. The fourth-order valence-corrected chi connectivity index (χ4v) is 2.74.